The molecule has 0 spiro atoms. The Labute approximate surface area is 80.0 Å². The van der Waals surface area contributed by atoms with Gasteiger partial charge in [-0.25, -0.2) is 0 Å². The molecule has 0 amide bonds. The molecule has 14 heavy (non-hydrogen) atoms. The van der Waals surface area contributed by atoms with Crippen molar-refractivity contribution in [1.82, 2.24) is 0 Å². The van der Waals surface area contributed by atoms with E-state index in [-0.39, 0.29) is 0 Å². The molecule has 1 atom stereocenters. The SMILES string of the molecule is CC(C(=O)O)C(S(=O)(=O)O)S(=O)(=O)O. The highest BCUT2D eigenvalue weighted by Gasteiger charge is 2.43. The standard InChI is InChI=1S/C4H8O8S2/c1-2(3(5)6)4(13(7,8)9)14(10,11)12/h2,4H,1H3,(H,5,6)(H,7,8,9)(H,10,11,12). The van der Waals surface area contributed by atoms with Crippen LogP contribution in [0.2, 0.25) is 0 Å². The van der Waals surface area contributed by atoms with Gasteiger partial charge in [-0.3, -0.25) is 13.9 Å². The topological polar surface area (TPSA) is 146 Å². The molecule has 1 unspecified atom stereocenters. The van der Waals surface area contributed by atoms with Crippen LogP contribution in [0.4, 0.5) is 0 Å². The van der Waals surface area contributed by atoms with Gasteiger partial charge in [-0.15, -0.1) is 0 Å². The lowest BCUT2D eigenvalue weighted by Gasteiger charge is -2.14. The van der Waals surface area contributed by atoms with Gasteiger partial charge in [-0.05, 0) is 6.92 Å². The predicted molar refractivity (Wildman–Crippen MR) is 43.7 cm³/mol. The van der Waals surface area contributed by atoms with E-state index in [0.717, 1.165) is 6.92 Å². The Bertz CT molecular complexity index is 384. The molecule has 0 rings (SSSR count). The predicted octanol–water partition coefficient (Wildman–Crippen LogP) is -1.19. The van der Waals surface area contributed by atoms with Crippen LogP contribution in [0.25, 0.3) is 0 Å². The Kier molecular flexibility index (Phi) is 3.61. The number of rotatable bonds is 4. The Morgan fingerprint density at radius 1 is 1.07 bits per heavy atom. The first kappa shape index (κ1) is 13.3. The third-order valence-corrected chi connectivity index (χ3v) is 4.83. The second kappa shape index (κ2) is 3.81. The zero-order chi connectivity index (χ0) is 11.7. The minimum atomic E-state index is -5.19. The lowest BCUT2D eigenvalue weighted by atomic mass is 10.2. The Morgan fingerprint density at radius 2 is 1.36 bits per heavy atom. The Balaban J connectivity index is 5.49. The Hall–Kier alpha value is -0.710. The maximum Gasteiger partial charge on any atom is 0.308 e. The third kappa shape index (κ3) is 3.21. The van der Waals surface area contributed by atoms with Gasteiger partial charge in [0, 0.05) is 0 Å². The summed E-state index contributed by atoms with van der Waals surface area (Å²) in [5.74, 6) is -3.75. The van der Waals surface area contributed by atoms with Crippen LogP contribution in [-0.4, -0.2) is 41.6 Å². The fraction of sp³-hybridized carbons (Fsp3) is 0.750. The zero-order valence-corrected chi connectivity index (χ0v) is 8.49. The Morgan fingerprint density at radius 3 is 1.43 bits per heavy atom. The maximum atomic E-state index is 10.5. The van der Waals surface area contributed by atoms with Gasteiger partial charge in [0.05, 0.1) is 5.92 Å². The van der Waals surface area contributed by atoms with Gasteiger partial charge >= 0.3 is 5.97 Å². The summed E-state index contributed by atoms with van der Waals surface area (Å²) in [6.07, 6.45) is 0. The van der Waals surface area contributed by atoms with E-state index in [0.29, 0.717) is 0 Å². The zero-order valence-electron chi connectivity index (χ0n) is 6.85. The van der Waals surface area contributed by atoms with E-state index in [1.165, 1.54) is 0 Å². The highest BCUT2D eigenvalue weighted by Crippen LogP contribution is 2.17. The molecule has 0 aliphatic rings. The summed E-state index contributed by atoms with van der Waals surface area (Å²) in [5.41, 5.74) is 0. The molecule has 0 aliphatic heterocycles. The van der Waals surface area contributed by atoms with Crippen LogP contribution in [-0.2, 0) is 25.0 Å². The minimum absolute atomic E-state index is 0.731. The van der Waals surface area contributed by atoms with Crippen LogP contribution in [0.3, 0.4) is 0 Å². The van der Waals surface area contributed by atoms with Crippen LogP contribution in [0.5, 0.6) is 0 Å². The molecule has 0 saturated heterocycles. The van der Waals surface area contributed by atoms with Crippen molar-refractivity contribution in [3.63, 3.8) is 0 Å². The van der Waals surface area contributed by atoms with Gasteiger partial charge in [-0.1, -0.05) is 0 Å². The van der Waals surface area contributed by atoms with Gasteiger partial charge in [0.1, 0.15) is 0 Å². The summed E-state index contributed by atoms with van der Waals surface area (Å²) in [4.78, 5) is 10.3. The highest BCUT2D eigenvalue weighted by molar-refractivity contribution is 8.04. The molecular weight excluding hydrogens is 240 g/mol. The van der Waals surface area contributed by atoms with E-state index in [1.54, 1.807) is 0 Å². The molecular formula is C4H8O8S2. The smallest absolute Gasteiger partial charge is 0.308 e. The number of carboxylic acid groups (broad SMARTS) is 1. The van der Waals surface area contributed by atoms with Gasteiger partial charge in [0.15, 0.2) is 0 Å². The second-order valence-electron chi connectivity index (χ2n) is 2.53. The van der Waals surface area contributed by atoms with E-state index in [2.05, 4.69) is 0 Å². The van der Waals surface area contributed by atoms with E-state index in [4.69, 9.17) is 14.2 Å². The maximum absolute atomic E-state index is 10.5. The van der Waals surface area contributed by atoms with Crippen LogP contribution in [0.1, 0.15) is 6.92 Å². The van der Waals surface area contributed by atoms with Gasteiger partial charge < -0.3 is 5.11 Å². The molecule has 0 radical (unpaired) electrons. The van der Waals surface area contributed by atoms with Crippen LogP contribution < -0.4 is 0 Å². The van der Waals surface area contributed by atoms with Crippen LogP contribution in [0.15, 0.2) is 0 Å². The first-order chi connectivity index (χ1) is 5.98. The lowest BCUT2D eigenvalue weighted by molar-refractivity contribution is -0.140. The monoisotopic (exact) mass is 248 g/mol. The minimum Gasteiger partial charge on any atom is -0.481 e. The summed E-state index contributed by atoms with van der Waals surface area (Å²) in [5, 5.41) is 8.33. The largest absolute Gasteiger partial charge is 0.481 e. The molecule has 0 aliphatic carbocycles. The van der Waals surface area contributed by atoms with Gasteiger partial charge in [0.2, 0.25) is 4.58 Å². The van der Waals surface area contributed by atoms with Crippen molar-refractivity contribution in [2.45, 2.75) is 11.5 Å². The molecule has 0 aromatic rings. The van der Waals surface area contributed by atoms with Crippen molar-refractivity contribution in [1.29, 1.82) is 0 Å². The average molecular weight is 248 g/mol. The summed E-state index contributed by atoms with van der Waals surface area (Å²) >= 11 is 0. The van der Waals surface area contributed by atoms with E-state index >= 15 is 0 Å². The van der Waals surface area contributed by atoms with Crippen molar-refractivity contribution in [3.05, 3.63) is 0 Å². The van der Waals surface area contributed by atoms with Crippen LogP contribution in [0, 0.1) is 5.92 Å². The molecule has 0 fully saturated rings. The van der Waals surface area contributed by atoms with Gasteiger partial charge in [-0.2, -0.15) is 16.8 Å². The van der Waals surface area contributed by atoms with Crippen molar-refractivity contribution in [3.8, 4) is 0 Å². The lowest BCUT2D eigenvalue weighted by Crippen LogP contribution is -2.39. The molecule has 84 valence electrons. The number of hydrogen-bond acceptors (Lipinski definition) is 5. The molecule has 0 aromatic carbocycles. The molecule has 0 bridgehead atoms. The summed E-state index contributed by atoms with van der Waals surface area (Å²) in [6.45, 7) is 0.731. The normalized spacial score (nSPS) is 15.4. The summed E-state index contributed by atoms with van der Waals surface area (Å²) in [7, 11) is -10.4. The molecule has 0 saturated carbocycles. The van der Waals surface area contributed by atoms with E-state index in [9.17, 15) is 21.6 Å². The molecule has 3 N–H and O–H groups in total. The number of aliphatic carboxylic acids is 1. The summed E-state index contributed by atoms with van der Waals surface area (Å²) < 4.78 is 55.9. The highest BCUT2D eigenvalue weighted by atomic mass is 32.3. The molecule has 0 aromatic heterocycles. The first-order valence-electron chi connectivity index (χ1n) is 3.13. The molecule has 8 nitrogen and oxygen atoms in total. The first-order valence-corrected chi connectivity index (χ1v) is 6.14. The van der Waals surface area contributed by atoms with Gasteiger partial charge in [0.25, 0.3) is 20.2 Å². The van der Waals surface area contributed by atoms with Crippen molar-refractivity contribution in [2.24, 2.45) is 5.92 Å². The van der Waals surface area contributed by atoms with Crippen molar-refractivity contribution < 1.29 is 35.8 Å². The fourth-order valence-electron chi connectivity index (χ4n) is 0.786. The van der Waals surface area contributed by atoms with Crippen molar-refractivity contribution in [2.75, 3.05) is 0 Å². The van der Waals surface area contributed by atoms with E-state index < -0.39 is 36.7 Å². The number of hydrogen-bond donors (Lipinski definition) is 3. The molecule has 10 heteroatoms. The number of carboxylic acids is 1. The fourth-order valence-corrected chi connectivity index (χ4v) is 3.28. The number of carbonyl (C=O) groups is 1. The van der Waals surface area contributed by atoms with Crippen LogP contribution >= 0.6 is 0 Å². The third-order valence-electron chi connectivity index (χ3n) is 1.38. The summed E-state index contributed by atoms with van der Waals surface area (Å²) in [6, 6.07) is 0. The second-order valence-corrected chi connectivity index (χ2v) is 5.90. The van der Waals surface area contributed by atoms with E-state index in [1.807, 2.05) is 0 Å². The quantitative estimate of drug-likeness (QED) is 0.526. The average Bonchev–Trinajstić information content (AvgIpc) is 1.79. The van der Waals surface area contributed by atoms with Crippen molar-refractivity contribution >= 4 is 26.2 Å². The molecule has 0 heterocycles.